The second-order valence-electron chi connectivity index (χ2n) is 4.21. The topological polar surface area (TPSA) is 26.0 Å². The summed E-state index contributed by atoms with van der Waals surface area (Å²) in [6.07, 6.45) is 1.80. The van der Waals surface area contributed by atoms with Crippen molar-refractivity contribution in [2.45, 2.75) is 25.8 Å². The van der Waals surface area contributed by atoms with E-state index in [0.29, 0.717) is 4.47 Å². The van der Waals surface area contributed by atoms with Gasteiger partial charge in [-0.15, -0.1) is 11.3 Å². The SMILES string of the molecule is CCc1ccc(CC(N)c2ccc(Br)c(F)c2)s1. The lowest BCUT2D eigenvalue weighted by atomic mass is 10.0. The van der Waals surface area contributed by atoms with Crippen molar-refractivity contribution < 1.29 is 4.39 Å². The Labute approximate surface area is 119 Å². The van der Waals surface area contributed by atoms with E-state index in [-0.39, 0.29) is 11.9 Å². The molecule has 2 aromatic rings. The lowest BCUT2D eigenvalue weighted by molar-refractivity contribution is 0.612. The van der Waals surface area contributed by atoms with E-state index in [1.807, 2.05) is 6.07 Å². The molecule has 0 radical (unpaired) electrons. The van der Waals surface area contributed by atoms with Gasteiger partial charge in [0.15, 0.2) is 0 Å². The number of nitrogens with two attached hydrogens (primary N) is 1. The predicted octanol–water partition coefficient (Wildman–Crippen LogP) is 4.45. The fourth-order valence-electron chi connectivity index (χ4n) is 1.80. The van der Waals surface area contributed by atoms with Crippen LogP contribution >= 0.6 is 27.3 Å². The van der Waals surface area contributed by atoms with Crippen LogP contribution in [0.25, 0.3) is 0 Å². The van der Waals surface area contributed by atoms with Gasteiger partial charge in [-0.25, -0.2) is 4.39 Å². The molecule has 1 aromatic heterocycles. The average molecular weight is 328 g/mol. The highest BCUT2D eigenvalue weighted by Crippen LogP contribution is 2.25. The molecule has 2 rings (SSSR count). The zero-order valence-electron chi connectivity index (χ0n) is 10.1. The molecular formula is C14H15BrFNS. The molecule has 0 aliphatic heterocycles. The molecule has 0 amide bonds. The molecule has 1 unspecified atom stereocenters. The van der Waals surface area contributed by atoms with Crippen LogP contribution in [0.5, 0.6) is 0 Å². The van der Waals surface area contributed by atoms with E-state index in [4.69, 9.17) is 5.73 Å². The van der Waals surface area contributed by atoms with Crippen LogP contribution in [0.1, 0.15) is 28.3 Å². The van der Waals surface area contributed by atoms with Crippen molar-refractivity contribution in [2.75, 3.05) is 0 Å². The Morgan fingerprint density at radius 1 is 1.28 bits per heavy atom. The Balaban J connectivity index is 2.11. The van der Waals surface area contributed by atoms with Gasteiger partial charge in [-0.2, -0.15) is 0 Å². The van der Waals surface area contributed by atoms with E-state index in [1.54, 1.807) is 17.4 Å². The van der Waals surface area contributed by atoms with E-state index in [1.165, 1.54) is 15.8 Å². The molecule has 0 spiro atoms. The number of hydrogen-bond acceptors (Lipinski definition) is 2. The van der Waals surface area contributed by atoms with Gasteiger partial charge in [-0.05, 0) is 52.2 Å². The highest BCUT2D eigenvalue weighted by molar-refractivity contribution is 9.10. The van der Waals surface area contributed by atoms with Crippen LogP contribution in [0.2, 0.25) is 0 Å². The van der Waals surface area contributed by atoms with Gasteiger partial charge in [0.05, 0.1) is 4.47 Å². The molecule has 0 saturated carbocycles. The van der Waals surface area contributed by atoms with Gasteiger partial charge < -0.3 is 5.73 Å². The van der Waals surface area contributed by atoms with E-state index < -0.39 is 0 Å². The van der Waals surface area contributed by atoms with Crippen LogP contribution in [0, 0.1) is 5.82 Å². The van der Waals surface area contributed by atoms with Gasteiger partial charge in [0.25, 0.3) is 0 Å². The molecule has 18 heavy (non-hydrogen) atoms. The van der Waals surface area contributed by atoms with Crippen molar-refractivity contribution in [1.29, 1.82) is 0 Å². The molecule has 0 saturated heterocycles. The lowest BCUT2D eigenvalue weighted by Gasteiger charge is -2.11. The number of rotatable bonds is 4. The molecule has 1 nitrogen and oxygen atoms in total. The van der Waals surface area contributed by atoms with Gasteiger partial charge in [0.2, 0.25) is 0 Å². The van der Waals surface area contributed by atoms with E-state index in [0.717, 1.165) is 18.4 Å². The molecule has 1 atom stereocenters. The van der Waals surface area contributed by atoms with Gasteiger partial charge in [-0.1, -0.05) is 13.0 Å². The Morgan fingerprint density at radius 2 is 2.00 bits per heavy atom. The second-order valence-corrected chi connectivity index (χ2v) is 6.31. The number of aryl methyl sites for hydroxylation is 1. The quantitative estimate of drug-likeness (QED) is 0.881. The molecule has 0 aliphatic carbocycles. The van der Waals surface area contributed by atoms with Crippen molar-refractivity contribution in [2.24, 2.45) is 5.73 Å². The van der Waals surface area contributed by atoms with Gasteiger partial charge in [-0.3, -0.25) is 0 Å². The minimum Gasteiger partial charge on any atom is -0.324 e. The fourth-order valence-corrected chi connectivity index (χ4v) is 3.06. The summed E-state index contributed by atoms with van der Waals surface area (Å²) < 4.78 is 13.9. The summed E-state index contributed by atoms with van der Waals surface area (Å²) in [7, 11) is 0. The summed E-state index contributed by atoms with van der Waals surface area (Å²) in [5.41, 5.74) is 6.96. The van der Waals surface area contributed by atoms with Crippen LogP contribution in [0.4, 0.5) is 4.39 Å². The first-order chi connectivity index (χ1) is 8.60. The van der Waals surface area contributed by atoms with Gasteiger partial charge in [0, 0.05) is 22.2 Å². The minimum atomic E-state index is -0.261. The van der Waals surface area contributed by atoms with Crippen LogP contribution < -0.4 is 5.73 Å². The first-order valence-corrected chi connectivity index (χ1v) is 7.49. The molecular weight excluding hydrogens is 313 g/mol. The minimum absolute atomic E-state index is 0.157. The monoisotopic (exact) mass is 327 g/mol. The summed E-state index contributed by atoms with van der Waals surface area (Å²) in [5, 5.41) is 0. The normalized spacial score (nSPS) is 12.7. The molecule has 4 heteroatoms. The highest BCUT2D eigenvalue weighted by Gasteiger charge is 2.11. The molecule has 96 valence electrons. The maximum atomic E-state index is 13.4. The first-order valence-electron chi connectivity index (χ1n) is 5.88. The van der Waals surface area contributed by atoms with Crippen LogP contribution in [0.15, 0.2) is 34.8 Å². The molecule has 2 N–H and O–H groups in total. The Kier molecular flexibility index (Phi) is 4.54. The Morgan fingerprint density at radius 3 is 2.61 bits per heavy atom. The van der Waals surface area contributed by atoms with E-state index in [9.17, 15) is 4.39 Å². The molecule has 1 heterocycles. The van der Waals surface area contributed by atoms with Gasteiger partial charge >= 0.3 is 0 Å². The first kappa shape index (κ1) is 13.7. The summed E-state index contributed by atoms with van der Waals surface area (Å²) in [6, 6.07) is 9.16. The van der Waals surface area contributed by atoms with Crippen molar-refractivity contribution in [1.82, 2.24) is 0 Å². The molecule has 0 aliphatic rings. The molecule has 1 aromatic carbocycles. The van der Waals surface area contributed by atoms with Crippen molar-refractivity contribution >= 4 is 27.3 Å². The lowest BCUT2D eigenvalue weighted by Crippen LogP contribution is -2.12. The van der Waals surface area contributed by atoms with Crippen LogP contribution in [-0.4, -0.2) is 0 Å². The summed E-state index contributed by atoms with van der Waals surface area (Å²) in [5.74, 6) is -0.261. The maximum Gasteiger partial charge on any atom is 0.137 e. The predicted molar refractivity (Wildman–Crippen MR) is 78.4 cm³/mol. The smallest absolute Gasteiger partial charge is 0.137 e. The second kappa shape index (κ2) is 5.95. The fraction of sp³-hybridized carbons (Fsp3) is 0.286. The van der Waals surface area contributed by atoms with E-state index >= 15 is 0 Å². The van der Waals surface area contributed by atoms with E-state index in [2.05, 4.69) is 35.0 Å². The summed E-state index contributed by atoms with van der Waals surface area (Å²) >= 11 is 4.92. The van der Waals surface area contributed by atoms with Crippen molar-refractivity contribution in [3.8, 4) is 0 Å². The summed E-state index contributed by atoms with van der Waals surface area (Å²) in [6.45, 7) is 2.14. The number of benzene rings is 1. The Bertz CT molecular complexity index is 538. The maximum absolute atomic E-state index is 13.4. The van der Waals surface area contributed by atoms with Crippen LogP contribution in [-0.2, 0) is 12.8 Å². The third-order valence-corrected chi connectivity index (χ3v) is 4.75. The standard InChI is InChI=1S/C14H15BrFNS/c1-2-10-4-5-11(18-10)8-14(17)9-3-6-12(15)13(16)7-9/h3-7,14H,2,8,17H2,1H3. The van der Waals surface area contributed by atoms with Gasteiger partial charge in [0.1, 0.15) is 5.82 Å². The van der Waals surface area contributed by atoms with Crippen molar-refractivity contribution in [3.05, 3.63) is 55.9 Å². The average Bonchev–Trinajstić information content (AvgIpc) is 2.80. The molecule has 0 bridgehead atoms. The molecule has 0 fully saturated rings. The number of thiophene rings is 1. The third-order valence-electron chi connectivity index (χ3n) is 2.86. The van der Waals surface area contributed by atoms with Crippen LogP contribution in [0.3, 0.4) is 0 Å². The summed E-state index contributed by atoms with van der Waals surface area (Å²) in [4.78, 5) is 2.61. The Hall–Kier alpha value is -0.710. The van der Waals surface area contributed by atoms with Crippen molar-refractivity contribution in [3.63, 3.8) is 0 Å². The largest absolute Gasteiger partial charge is 0.324 e. The zero-order valence-corrected chi connectivity index (χ0v) is 12.5. The highest BCUT2D eigenvalue weighted by atomic mass is 79.9. The number of halogens is 2. The number of hydrogen-bond donors (Lipinski definition) is 1. The third kappa shape index (κ3) is 3.19. The zero-order chi connectivity index (χ0) is 13.1.